The van der Waals surface area contributed by atoms with Gasteiger partial charge in [-0.3, -0.25) is 4.79 Å². The summed E-state index contributed by atoms with van der Waals surface area (Å²) in [4.78, 5) is 24.8. The highest BCUT2D eigenvalue weighted by Crippen LogP contribution is 2.68. The van der Waals surface area contributed by atoms with Crippen LogP contribution >= 0.6 is 0 Å². The lowest BCUT2D eigenvalue weighted by molar-refractivity contribution is -0.174. The van der Waals surface area contributed by atoms with Gasteiger partial charge in [-0.15, -0.1) is 0 Å². The molecule has 7 heteroatoms. The second-order valence-corrected chi connectivity index (χ2v) is 8.51. The van der Waals surface area contributed by atoms with Gasteiger partial charge in [-0.05, 0) is 31.2 Å². The molecule has 0 radical (unpaired) electrons. The van der Waals surface area contributed by atoms with Crippen molar-refractivity contribution < 1.29 is 33.7 Å². The summed E-state index contributed by atoms with van der Waals surface area (Å²) < 4.78 is 17.2. The quantitative estimate of drug-likeness (QED) is 0.774. The third-order valence-electron chi connectivity index (χ3n) is 7.41. The van der Waals surface area contributed by atoms with Crippen molar-refractivity contribution >= 4 is 11.9 Å². The first-order valence-electron chi connectivity index (χ1n) is 9.17. The molecule has 140 valence electrons. The number of hydrogen-bond acceptors (Lipinski definition) is 6. The van der Waals surface area contributed by atoms with E-state index in [1.54, 1.807) is 12.5 Å². The van der Waals surface area contributed by atoms with Crippen molar-refractivity contribution in [2.75, 3.05) is 0 Å². The van der Waals surface area contributed by atoms with Crippen LogP contribution in [0.4, 0.5) is 0 Å². The number of fused-ring (bicyclic) bond motifs is 4. The molecule has 4 aliphatic rings. The van der Waals surface area contributed by atoms with Gasteiger partial charge in [0.05, 0.1) is 30.7 Å². The molecular formula is C19H22O7. The molecule has 2 saturated heterocycles. The minimum absolute atomic E-state index is 0.144. The van der Waals surface area contributed by atoms with E-state index in [-0.39, 0.29) is 30.3 Å². The number of hydrogen-bond donors (Lipinski definition) is 2. The first-order valence-corrected chi connectivity index (χ1v) is 9.17. The van der Waals surface area contributed by atoms with E-state index in [9.17, 15) is 19.8 Å². The predicted octanol–water partition coefficient (Wildman–Crippen LogP) is 1.90. The molecule has 2 bridgehead atoms. The number of aliphatic hydroxyl groups is 1. The van der Waals surface area contributed by atoms with Gasteiger partial charge in [0.15, 0.2) is 5.60 Å². The van der Waals surface area contributed by atoms with Gasteiger partial charge in [-0.1, -0.05) is 6.92 Å². The Kier molecular flexibility index (Phi) is 3.20. The van der Waals surface area contributed by atoms with Gasteiger partial charge in [-0.25, -0.2) is 4.79 Å². The van der Waals surface area contributed by atoms with E-state index in [0.29, 0.717) is 19.3 Å². The molecule has 26 heavy (non-hydrogen) atoms. The van der Waals surface area contributed by atoms with Crippen LogP contribution in [-0.4, -0.2) is 40.0 Å². The molecule has 4 fully saturated rings. The summed E-state index contributed by atoms with van der Waals surface area (Å²) in [6, 6.07) is 1.83. The largest absolute Gasteiger partial charge is 0.481 e. The topological polar surface area (TPSA) is 106 Å². The Morgan fingerprint density at radius 1 is 1.31 bits per heavy atom. The molecule has 1 spiro atoms. The number of carboxylic acids is 1. The van der Waals surface area contributed by atoms with Gasteiger partial charge < -0.3 is 24.1 Å². The van der Waals surface area contributed by atoms with Crippen molar-refractivity contribution in [1.82, 2.24) is 0 Å². The molecule has 7 nitrogen and oxygen atoms in total. The molecule has 0 aromatic carbocycles. The Hall–Kier alpha value is -1.86. The summed E-state index contributed by atoms with van der Waals surface area (Å²) in [5, 5.41) is 20.1. The highest BCUT2D eigenvalue weighted by atomic mass is 16.6. The predicted molar refractivity (Wildman–Crippen MR) is 85.8 cm³/mol. The highest BCUT2D eigenvalue weighted by Gasteiger charge is 2.76. The number of carbonyl (C=O) groups is 2. The monoisotopic (exact) mass is 362 g/mol. The number of aliphatic carboxylic acids is 1. The van der Waals surface area contributed by atoms with Crippen LogP contribution in [0.1, 0.15) is 44.3 Å². The highest BCUT2D eigenvalue weighted by molar-refractivity contribution is 5.85. The first kappa shape index (κ1) is 16.3. The minimum atomic E-state index is -1.07. The molecule has 1 aromatic heterocycles. The Morgan fingerprint density at radius 2 is 2.12 bits per heavy atom. The number of furan rings is 1. The zero-order valence-electron chi connectivity index (χ0n) is 14.5. The van der Waals surface area contributed by atoms with Crippen LogP contribution in [0, 0.1) is 23.2 Å². The van der Waals surface area contributed by atoms with Gasteiger partial charge in [0.2, 0.25) is 0 Å². The summed E-state index contributed by atoms with van der Waals surface area (Å²) in [7, 11) is 0. The van der Waals surface area contributed by atoms with Crippen molar-refractivity contribution in [2.24, 2.45) is 23.2 Å². The Bertz CT molecular complexity index is 758. The van der Waals surface area contributed by atoms with Crippen LogP contribution in [-0.2, 0) is 19.1 Å². The van der Waals surface area contributed by atoms with Crippen molar-refractivity contribution in [2.45, 2.75) is 56.5 Å². The van der Waals surface area contributed by atoms with Crippen LogP contribution in [0.2, 0.25) is 0 Å². The van der Waals surface area contributed by atoms with Crippen LogP contribution < -0.4 is 0 Å². The van der Waals surface area contributed by atoms with E-state index in [1.807, 2.05) is 13.0 Å². The third-order valence-corrected chi connectivity index (χ3v) is 7.41. The van der Waals surface area contributed by atoms with Crippen LogP contribution in [0.15, 0.2) is 23.0 Å². The van der Waals surface area contributed by atoms with Gasteiger partial charge in [0.1, 0.15) is 6.10 Å². The smallest absolute Gasteiger partial charge is 0.339 e. The Balaban J connectivity index is 1.61. The van der Waals surface area contributed by atoms with Gasteiger partial charge in [-0.2, -0.15) is 0 Å². The van der Waals surface area contributed by atoms with E-state index >= 15 is 0 Å². The van der Waals surface area contributed by atoms with E-state index in [1.165, 1.54) is 0 Å². The molecule has 8 atom stereocenters. The van der Waals surface area contributed by atoms with Gasteiger partial charge in [0, 0.05) is 23.3 Å². The lowest BCUT2D eigenvalue weighted by Gasteiger charge is -2.53. The molecule has 2 aliphatic heterocycles. The zero-order valence-corrected chi connectivity index (χ0v) is 14.5. The van der Waals surface area contributed by atoms with Crippen LogP contribution in [0.3, 0.4) is 0 Å². The standard InChI is InChI=1S/C19H22O7/c1-18-6-13(9-2-3-24-8-9)26-19(18)7-14(25-17(19)23)15-11(16(21)22)4-10(20)5-12(15)18/h2-3,8,10-15,20H,4-7H2,1H3,(H,21,22)/t10-,11+,12+,13+,14+,15+,18-,19?/m0/s1. The fraction of sp³-hybridized carbons (Fsp3) is 0.684. The van der Waals surface area contributed by atoms with Crippen molar-refractivity contribution in [3.05, 3.63) is 24.2 Å². The lowest BCUT2D eigenvalue weighted by atomic mass is 9.49. The maximum atomic E-state index is 12.9. The molecule has 2 saturated carbocycles. The summed E-state index contributed by atoms with van der Waals surface area (Å²) in [6.07, 6.45) is 3.39. The SMILES string of the molecule is C[C@@]12C[C@H](c3ccoc3)OC13C[C@@H](OC3=O)[C@H]1[C@H]2C[C@@H](O)C[C@H]1C(=O)O. The maximum absolute atomic E-state index is 12.9. The maximum Gasteiger partial charge on any atom is 0.339 e. The van der Waals surface area contributed by atoms with E-state index in [4.69, 9.17) is 13.9 Å². The van der Waals surface area contributed by atoms with Gasteiger partial charge in [0.25, 0.3) is 0 Å². The molecule has 1 unspecified atom stereocenters. The second-order valence-electron chi connectivity index (χ2n) is 8.51. The molecule has 5 rings (SSSR count). The Morgan fingerprint density at radius 3 is 2.81 bits per heavy atom. The normalized spacial score (nSPS) is 49.4. The first-order chi connectivity index (χ1) is 12.4. The summed E-state index contributed by atoms with van der Waals surface area (Å²) in [5.74, 6) is -2.45. The fourth-order valence-electron chi connectivity index (χ4n) is 6.23. The molecule has 2 N–H and O–H groups in total. The number of carbonyl (C=O) groups excluding carboxylic acids is 1. The minimum Gasteiger partial charge on any atom is -0.481 e. The fourth-order valence-corrected chi connectivity index (χ4v) is 6.23. The Labute approximate surface area is 150 Å². The van der Waals surface area contributed by atoms with Crippen LogP contribution in [0.5, 0.6) is 0 Å². The average molecular weight is 362 g/mol. The average Bonchev–Trinajstić information content (AvgIpc) is 3.27. The van der Waals surface area contributed by atoms with E-state index in [2.05, 4.69) is 0 Å². The number of esters is 1. The molecule has 2 aliphatic carbocycles. The number of aliphatic hydroxyl groups excluding tert-OH is 1. The molecule has 1 aromatic rings. The summed E-state index contributed by atoms with van der Waals surface area (Å²) >= 11 is 0. The van der Waals surface area contributed by atoms with Crippen LogP contribution in [0.25, 0.3) is 0 Å². The van der Waals surface area contributed by atoms with Gasteiger partial charge >= 0.3 is 11.9 Å². The van der Waals surface area contributed by atoms with Crippen molar-refractivity contribution in [3.8, 4) is 0 Å². The second kappa shape index (κ2) is 5.10. The number of carboxylic acid groups (broad SMARTS) is 1. The lowest BCUT2D eigenvalue weighted by Crippen LogP contribution is -2.60. The van der Waals surface area contributed by atoms with E-state index < -0.39 is 35.1 Å². The summed E-state index contributed by atoms with van der Waals surface area (Å²) in [5.41, 5.74) is -0.784. The van der Waals surface area contributed by atoms with Crippen molar-refractivity contribution in [3.63, 3.8) is 0 Å². The van der Waals surface area contributed by atoms with Crippen molar-refractivity contribution in [1.29, 1.82) is 0 Å². The zero-order chi connectivity index (χ0) is 18.3. The molecular weight excluding hydrogens is 340 g/mol. The third kappa shape index (κ3) is 1.85. The number of ether oxygens (including phenoxy) is 2. The molecule has 3 heterocycles. The number of rotatable bonds is 2. The van der Waals surface area contributed by atoms with E-state index in [0.717, 1.165) is 5.56 Å². The summed E-state index contributed by atoms with van der Waals surface area (Å²) in [6.45, 7) is 2.00. The molecule has 0 amide bonds.